The number of rotatable bonds is 7. The van der Waals surface area contributed by atoms with Crippen molar-refractivity contribution in [3.63, 3.8) is 0 Å². The van der Waals surface area contributed by atoms with Gasteiger partial charge < -0.3 is 10.2 Å². The highest BCUT2D eigenvalue weighted by atomic mass is 15.1. The maximum absolute atomic E-state index is 4.36. The average Bonchev–Trinajstić information content (AvgIpc) is 2.36. The first-order chi connectivity index (χ1) is 8.45. The summed E-state index contributed by atoms with van der Waals surface area (Å²) in [7, 11) is 4.22. The number of aromatic nitrogens is 1. The molecule has 0 fully saturated rings. The number of hydrogen-bond acceptors (Lipinski definition) is 3. The lowest BCUT2D eigenvalue weighted by atomic mass is 9.85. The lowest BCUT2D eigenvalue weighted by Gasteiger charge is -2.35. The van der Waals surface area contributed by atoms with Crippen molar-refractivity contribution in [1.29, 1.82) is 0 Å². The van der Waals surface area contributed by atoms with Crippen LogP contribution in [0, 0.1) is 5.41 Å². The summed E-state index contributed by atoms with van der Waals surface area (Å²) in [5, 5.41) is 3.35. The minimum Gasteiger partial charge on any atom is -0.317 e. The molecule has 0 saturated carbocycles. The Morgan fingerprint density at radius 2 is 2.11 bits per heavy atom. The number of nitrogens with one attached hydrogen (secondary N) is 1. The van der Waals surface area contributed by atoms with Crippen LogP contribution in [0.1, 0.15) is 26.5 Å². The van der Waals surface area contributed by atoms with Crippen molar-refractivity contribution in [1.82, 2.24) is 15.2 Å². The van der Waals surface area contributed by atoms with Gasteiger partial charge in [0.15, 0.2) is 0 Å². The zero-order valence-electron chi connectivity index (χ0n) is 12.4. The zero-order valence-corrected chi connectivity index (χ0v) is 12.4. The minimum atomic E-state index is 0.271. The fourth-order valence-electron chi connectivity index (χ4n) is 2.15. The van der Waals surface area contributed by atoms with E-state index in [-0.39, 0.29) is 5.41 Å². The fourth-order valence-corrected chi connectivity index (χ4v) is 2.15. The molecule has 18 heavy (non-hydrogen) atoms. The van der Waals surface area contributed by atoms with E-state index in [0.29, 0.717) is 6.04 Å². The maximum atomic E-state index is 4.36. The van der Waals surface area contributed by atoms with Crippen LogP contribution in [0.2, 0.25) is 0 Å². The molecule has 3 heteroatoms. The molecule has 0 bridgehead atoms. The maximum Gasteiger partial charge on any atom is 0.0416 e. The van der Waals surface area contributed by atoms with E-state index in [4.69, 9.17) is 0 Å². The Balaban J connectivity index is 2.40. The second-order valence-corrected chi connectivity index (χ2v) is 5.81. The first kappa shape index (κ1) is 15.1. The first-order valence-electron chi connectivity index (χ1n) is 6.71. The number of pyridine rings is 1. The summed E-state index contributed by atoms with van der Waals surface area (Å²) in [6, 6.07) is 6.62. The van der Waals surface area contributed by atoms with E-state index in [9.17, 15) is 0 Å². The molecule has 0 spiro atoms. The number of nitrogens with zero attached hydrogens (tertiary/aromatic N) is 2. The quantitative estimate of drug-likeness (QED) is 0.803. The predicted molar refractivity (Wildman–Crippen MR) is 77.7 cm³/mol. The van der Waals surface area contributed by atoms with Crippen LogP contribution in [0.3, 0.4) is 0 Å². The Kier molecular flexibility index (Phi) is 5.76. The van der Waals surface area contributed by atoms with Gasteiger partial charge in [-0.3, -0.25) is 4.98 Å². The molecule has 0 aliphatic rings. The zero-order chi connectivity index (χ0) is 13.6. The monoisotopic (exact) mass is 249 g/mol. The largest absolute Gasteiger partial charge is 0.317 e. The minimum absolute atomic E-state index is 0.271. The highest BCUT2D eigenvalue weighted by Crippen LogP contribution is 2.21. The van der Waals surface area contributed by atoms with Gasteiger partial charge in [-0.1, -0.05) is 19.9 Å². The van der Waals surface area contributed by atoms with Gasteiger partial charge in [-0.15, -0.1) is 0 Å². The molecule has 1 rings (SSSR count). The summed E-state index contributed by atoms with van der Waals surface area (Å²) in [5.41, 5.74) is 1.44. The van der Waals surface area contributed by atoms with E-state index in [1.807, 2.05) is 19.3 Å². The van der Waals surface area contributed by atoms with E-state index in [1.54, 1.807) is 0 Å². The van der Waals surface area contributed by atoms with E-state index in [1.165, 1.54) is 5.69 Å². The second kappa shape index (κ2) is 6.86. The molecule has 1 unspecified atom stereocenters. The molecule has 3 nitrogen and oxygen atoms in total. The smallest absolute Gasteiger partial charge is 0.0416 e. The Morgan fingerprint density at radius 3 is 2.67 bits per heavy atom. The SMILES string of the molecule is CNC(C)C(C)(C)CN(C)CCc1ccccn1. The molecule has 102 valence electrons. The van der Waals surface area contributed by atoms with Crippen LogP contribution in [0.25, 0.3) is 0 Å². The van der Waals surface area contributed by atoms with Gasteiger partial charge in [-0.05, 0) is 38.6 Å². The van der Waals surface area contributed by atoms with Crippen molar-refractivity contribution in [3.05, 3.63) is 30.1 Å². The molecule has 1 aromatic rings. The van der Waals surface area contributed by atoms with Crippen molar-refractivity contribution >= 4 is 0 Å². The summed E-state index contributed by atoms with van der Waals surface area (Å²) in [6.07, 6.45) is 2.88. The van der Waals surface area contributed by atoms with Crippen LogP contribution in [-0.4, -0.2) is 43.1 Å². The predicted octanol–water partition coefficient (Wildman–Crippen LogP) is 2.19. The average molecular weight is 249 g/mol. The third-order valence-corrected chi connectivity index (χ3v) is 3.76. The highest BCUT2D eigenvalue weighted by Gasteiger charge is 2.25. The Morgan fingerprint density at radius 1 is 1.39 bits per heavy atom. The molecular weight excluding hydrogens is 222 g/mol. The molecule has 1 aromatic heterocycles. The normalized spacial score (nSPS) is 13.9. The molecule has 0 amide bonds. The third-order valence-electron chi connectivity index (χ3n) is 3.76. The third kappa shape index (κ3) is 4.75. The van der Waals surface area contributed by atoms with Crippen molar-refractivity contribution in [2.24, 2.45) is 5.41 Å². The highest BCUT2D eigenvalue weighted by molar-refractivity contribution is 5.03. The van der Waals surface area contributed by atoms with Gasteiger partial charge in [0.1, 0.15) is 0 Å². The molecule has 1 atom stereocenters. The van der Waals surface area contributed by atoms with E-state index >= 15 is 0 Å². The lowest BCUT2D eigenvalue weighted by molar-refractivity contribution is 0.170. The van der Waals surface area contributed by atoms with Gasteiger partial charge in [0.25, 0.3) is 0 Å². The summed E-state index contributed by atoms with van der Waals surface area (Å²) >= 11 is 0. The van der Waals surface area contributed by atoms with E-state index in [0.717, 1.165) is 19.5 Å². The van der Waals surface area contributed by atoms with Gasteiger partial charge in [0, 0.05) is 37.4 Å². The lowest BCUT2D eigenvalue weighted by Crippen LogP contribution is -2.45. The van der Waals surface area contributed by atoms with E-state index in [2.05, 4.69) is 55.2 Å². The first-order valence-corrected chi connectivity index (χ1v) is 6.71. The molecule has 1 heterocycles. The van der Waals surface area contributed by atoms with Crippen LogP contribution >= 0.6 is 0 Å². The number of hydrogen-bond donors (Lipinski definition) is 1. The standard InChI is InChI=1S/C15H27N3/c1-13(16-4)15(2,3)12-18(5)11-9-14-8-6-7-10-17-14/h6-8,10,13,16H,9,11-12H2,1-5H3. The Labute approximate surface area is 112 Å². The Hall–Kier alpha value is -0.930. The van der Waals surface area contributed by atoms with Gasteiger partial charge in [0.2, 0.25) is 0 Å². The van der Waals surface area contributed by atoms with Crippen LogP contribution < -0.4 is 5.32 Å². The van der Waals surface area contributed by atoms with Gasteiger partial charge in [-0.25, -0.2) is 0 Å². The molecule has 0 aliphatic carbocycles. The molecule has 0 saturated heterocycles. The summed E-state index contributed by atoms with van der Waals surface area (Å²) in [4.78, 5) is 6.75. The van der Waals surface area contributed by atoms with Crippen molar-refractivity contribution in [2.75, 3.05) is 27.2 Å². The molecular formula is C15H27N3. The summed E-state index contributed by atoms with van der Waals surface area (Å²) < 4.78 is 0. The van der Waals surface area contributed by atoms with E-state index < -0.39 is 0 Å². The van der Waals surface area contributed by atoms with Crippen molar-refractivity contribution < 1.29 is 0 Å². The van der Waals surface area contributed by atoms with Crippen LogP contribution in [0.15, 0.2) is 24.4 Å². The second-order valence-electron chi connectivity index (χ2n) is 5.81. The van der Waals surface area contributed by atoms with Crippen LogP contribution in [0.5, 0.6) is 0 Å². The summed E-state index contributed by atoms with van der Waals surface area (Å²) in [6.45, 7) is 9.00. The van der Waals surface area contributed by atoms with Crippen LogP contribution in [0.4, 0.5) is 0 Å². The molecule has 0 aromatic carbocycles. The molecule has 0 radical (unpaired) electrons. The van der Waals surface area contributed by atoms with Gasteiger partial charge in [-0.2, -0.15) is 0 Å². The van der Waals surface area contributed by atoms with Crippen molar-refractivity contribution in [3.8, 4) is 0 Å². The molecule has 0 aliphatic heterocycles. The topological polar surface area (TPSA) is 28.2 Å². The number of likely N-dealkylation sites (N-methyl/N-ethyl adjacent to an activating group) is 1. The summed E-state index contributed by atoms with van der Waals surface area (Å²) in [5.74, 6) is 0. The van der Waals surface area contributed by atoms with Crippen molar-refractivity contribution in [2.45, 2.75) is 33.2 Å². The van der Waals surface area contributed by atoms with Gasteiger partial charge in [0.05, 0.1) is 0 Å². The van der Waals surface area contributed by atoms with Gasteiger partial charge >= 0.3 is 0 Å². The molecule has 1 N–H and O–H groups in total. The fraction of sp³-hybridized carbons (Fsp3) is 0.667. The van der Waals surface area contributed by atoms with Crippen LogP contribution in [-0.2, 0) is 6.42 Å². The Bertz CT molecular complexity index is 335.